The summed E-state index contributed by atoms with van der Waals surface area (Å²) in [6, 6.07) is 22.2. The van der Waals surface area contributed by atoms with Crippen LogP contribution in [0.1, 0.15) is 42.0 Å². The summed E-state index contributed by atoms with van der Waals surface area (Å²) in [5.41, 5.74) is 10.7. The van der Waals surface area contributed by atoms with E-state index in [2.05, 4.69) is 81.4 Å². The van der Waals surface area contributed by atoms with E-state index in [-0.39, 0.29) is 0 Å². The zero-order valence-corrected chi connectivity index (χ0v) is 16.1. The lowest BCUT2D eigenvalue weighted by Crippen LogP contribution is -1.96. The third kappa shape index (κ3) is 2.49. The number of hydrogen-bond acceptors (Lipinski definition) is 1. The van der Waals surface area contributed by atoms with Gasteiger partial charge in [0.25, 0.3) is 0 Å². The number of benzene rings is 3. The van der Waals surface area contributed by atoms with Gasteiger partial charge < -0.3 is 0 Å². The van der Waals surface area contributed by atoms with Crippen LogP contribution in [-0.4, -0.2) is 4.98 Å². The minimum Gasteiger partial charge on any atom is -0.256 e. The Kier molecular flexibility index (Phi) is 3.65. The van der Waals surface area contributed by atoms with Crippen LogP contribution in [0.3, 0.4) is 0 Å². The third-order valence-electron chi connectivity index (χ3n) is 5.79. The Morgan fingerprint density at radius 2 is 1.63 bits per heavy atom. The molecule has 27 heavy (non-hydrogen) atoms. The molecule has 1 nitrogen and oxygen atoms in total. The van der Waals surface area contributed by atoms with E-state index in [1.807, 2.05) is 6.20 Å². The number of aryl methyl sites for hydroxylation is 1. The lowest BCUT2D eigenvalue weighted by molar-refractivity contribution is 0.876. The van der Waals surface area contributed by atoms with Crippen molar-refractivity contribution in [2.24, 2.45) is 0 Å². The molecule has 4 aromatic rings. The first-order chi connectivity index (χ1) is 13.1. The minimum atomic E-state index is 0.497. The van der Waals surface area contributed by atoms with Crippen molar-refractivity contribution in [1.82, 2.24) is 4.98 Å². The third-order valence-corrected chi connectivity index (χ3v) is 5.79. The highest BCUT2D eigenvalue weighted by atomic mass is 14.7. The quantitative estimate of drug-likeness (QED) is 0.337. The molecular weight excluding hydrogens is 326 g/mol. The summed E-state index contributed by atoms with van der Waals surface area (Å²) in [7, 11) is 0. The Bertz CT molecular complexity index is 1180. The second kappa shape index (κ2) is 6.06. The molecule has 0 radical (unpaired) electrons. The number of hydrogen-bond donors (Lipinski definition) is 0. The van der Waals surface area contributed by atoms with Gasteiger partial charge in [0.05, 0.1) is 5.69 Å². The molecule has 0 saturated carbocycles. The molecule has 0 saturated heterocycles. The highest BCUT2D eigenvalue weighted by Gasteiger charge is 2.23. The molecule has 0 atom stereocenters. The van der Waals surface area contributed by atoms with Crippen LogP contribution in [0.25, 0.3) is 33.2 Å². The number of aromatic nitrogens is 1. The molecule has 0 unspecified atom stereocenters. The van der Waals surface area contributed by atoms with Crippen LogP contribution >= 0.6 is 0 Å². The maximum absolute atomic E-state index is 4.86. The fraction of sp³-hybridized carbons (Fsp3) is 0.192. The summed E-state index contributed by atoms with van der Waals surface area (Å²) in [5, 5.41) is 2.58. The van der Waals surface area contributed by atoms with E-state index in [1.165, 1.54) is 49.7 Å². The van der Waals surface area contributed by atoms with E-state index in [0.29, 0.717) is 5.92 Å². The average molecular weight is 349 g/mol. The molecule has 1 heterocycles. The van der Waals surface area contributed by atoms with Crippen molar-refractivity contribution in [2.45, 2.75) is 33.1 Å². The van der Waals surface area contributed by atoms with Gasteiger partial charge in [-0.15, -0.1) is 0 Å². The summed E-state index contributed by atoms with van der Waals surface area (Å²) in [5.74, 6) is 0.497. The highest BCUT2D eigenvalue weighted by molar-refractivity contribution is 5.99. The number of fused-ring (bicyclic) bond motifs is 4. The summed E-state index contributed by atoms with van der Waals surface area (Å²) < 4.78 is 0. The smallest absolute Gasteiger partial charge is 0.0783 e. The molecule has 1 aliphatic rings. The zero-order valence-electron chi connectivity index (χ0n) is 16.1. The Morgan fingerprint density at radius 1 is 0.815 bits per heavy atom. The monoisotopic (exact) mass is 349 g/mol. The number of rotatable bonds is 2. The Morgan fingerprint density at radius 3 is 2.48 bits per heavy atom. The Hall–Kier alpha value is -2.93. The Balaban J connectivity index is 1.81. The van der Waals surface area contributed by atoms with Crippen LogP contribution in [0, 0.1) is 6.92 Å². The average Bonchev–Trinajstić information content (AvgIpc) is 3.05. The maximum atomic E-state index is 4.86. The molecule has 0 spiro atoms. The lowest BCUT2D eigenvalue weighted by atomic mass is 9.91. The van der Waals surface area contributed by atoms with Gasteiger partial charge in [-0.2, -0.15) is 0 Å². The predicted octanol–water partition coefficient (Wildman–Crippen LogP) is 6.90. The largest absolute Gasteiger partial charge is 0.256 e. The molecule has 1 heteroatoms. The number of nitrogens with zero attached hydrogens (tertiary/aromatic N) is 1. The first kappa shape index (κ1) is 16.3. The fourth-order valence-electron chi connectivity index (χ4n) is 4.54. The van der Waals surface area contributed by atoms with Crippen LogP contribution in [0.4, 0.5) is 0 Å². The molecule has 3 aromatic carbocycles. The second-order valence-electron chi connectivity index (χ2n) is 7.93. The van der Waals surface area contributed by atoms with Crippen molar-refractivity contribution >= 4 is 10.8 Å². The van der Waals surface area contributed by atoms with E-state index in [9.17, 15) is 0 Å². The molecule has 0 N–H and O–H groups in total. The highest BCUT2D eigenvalue weighted by Crippen LogP contribution is 2.43. The lowest BCUT2D eigenvalue weighted by Gasteiger charge is -2.15. The number of pyridine rings is 1. The van der Waals surface area contributed by atoms with Gasteiger partial charge in [-0.25, -0.2) is 0 Å². The van der Waals surface area contributed by atoms with Gasteiger partial charge >= 0.3 is 0 Å². The molecule has 0 bridgehead atoms. The van der Waals surface area contributed by atoms with Crippen molar-refractivity contribution < 1.29 is 0 Å². The molecule has 0 amide bonds. The van der Waals surface area contributed by atoms with E-state index in [0.717, 1.165) is 12.1 Å². The maximum Gasteiger partial charge on any atom is 0.0783 e. The Labute approximate surface area is 160 Å². The van der Waals surface area contributed by atoms with Gasteiger partial charge in [-0.05, 0) is 70.2 Å². The first-order valence-corrected chi connectivity index (χ1v) is 9.73. The van der Waals surface area contributed by atoms with Crippen molar-refractivity contribution in [1.29, 1.82) is 0 Å². The van der Waals surface area contributed by atoms with Crippen molar-refractivity contribution in [3.63, 3.8) is 0 Å². The van der Waals surface area contributed by atoms with Crippen LogP contribution < -0.4 is 0 Å². The molecule has 1 aliphatic carbocycles. The SMILES string of the molecule is Cc1cc2c(c(-c3nccc4c(C(C)C)cccc34)c1)Cc1ccccc1-2. The van der Waals surface area contributed by atoms with Crippen molar-refractivity contribution in [2.75, 3.05) is 0 Å². The van der Waals surface area contributed by atoms with Crippen LogP contribution in [0.5, 0.6) is 0 Å². The molecule has 1 aromatic heterocycles. The van der Waals surface area contributed by atoms with E-state index < -0.39 is 0 Å². The molecule has 0 aliphatic heterocycles. The fourth-order valence-corrected chi connectivity index (χ4v) is 4.54. The summed E-state index contributed by atoms with van der Waals surface area (Å²) in [6.45, 7) is 6.71. The molecular formula is C26H23N. The first-order valence-electron chi connectivity index (χ1n) is 9.73. The summed E-state index contributed by atoms with van der Waals surface area (Å²) in [6.07, 6.45) is 2.96. The zero-order chi connectivity index (χ0) is 18.5. The standard InChI is InChI=1S/C26H23N/c1-16(2)19-9-6-10-22-21(19)11-12-27-26(22)25-14-17(3)13-23-20-8-5-4-7-18(20)15-24(23)25/h4-14,16H,15H2,1-3H3. The van der Waals surface area contributed by atoms with Gasteiger partial charge in [-0.3, -0.25) is 4.98 Å². The molecule has 132 valence electrons. The van der Waals surface area contributed by atoms with Gasteiger partial charge in [0.2, 0.25) is 0 Å². The summed E-state index contributed by atoms with van der Waals surface area (Å²) in [4.78, 5) is 4.86. The minimum absolute atomic E-state index is 0.497. The van der Waals surface area contributed by atoms with Gasteiger partial charge in [0.15, 0.2) is 0 Å². The van der Waals surface area contributed by atoms with Crippen LogP contribution in [0.15, 0.2) is 66.9 Å². The molecule has 0 fully saturated rings. The van der Waals surface area contributed by atoms with Crippen molar-refractivity contribution in [3.05, 3.63) is 89.1 Å². The van der Waals surface area contributed by atoms with Crippen LogP contribution in [0.2, 0.25) is 0 Å². The van der Waals surface area contributed by atoms with E-state index in [4.69, 9.17) is 4.98 Å². The normalized spacial score (nSPS) is 12.4. The van der Waals surface area contributed by atoms with Gasteiger partial charge in [0, 0.05) is 17.1 Å². The van der Waals surface area contributed by atoms with Crippen molar-refractivity contribution in [3.8, 4) is 22.4 Å². The summed E-state index contributed by atoms with van der Waals surface area (Å²) >= 11 is 0. The topological polar surface area (TPSA) is 12.9 Å². The second-order valence-corrected chi connectivity index (χ2v) is 7.93. The van der Waals surface area contributed by atoms with Crippen LogP contribution in [-0.2, 0) is 6.42 Å². The van der Waals surface area contributed by atoms with Gasteiger partial charge in [-0.1, -0.05) is 62.4 Å². The van der Waals surface area contributed by atoms with Gasteiger partial charge in [0.1, 0.15) is 0 Å². The van der Waals surface area contributed by atoms with E-state index in [1.54, 1.807) is 0 Å². The van der Waals surface area contributed by atoms with E-state index >= 15 is 0 Å². The molecule has 5 rings (SSSR count). The predicted molar refractivity (Wildman–Crippen MR) is 114 cm³/mol.